The molecule has 0 amide bonds. The summed E-state index contributed by atoms with van der Waals surface area (Å²) < 4.78 is 2.33. The molecule has 4 nitrogen and oxygen atoms in total. The summed E-state index contributed by atoms with van der Waals surface area (Å²) in [5.41, 5.74) is 2.92. The second-order valence-electron chi connectivity index (χ2n) is 5.64. The molecule has 0 spiro atoms. The molecule has 4 heteroatoms. The summed E-state index contributed by atoms with van der Waals surface area (Å²) in [6, 6.07) is 5.87. The quantitative estimate of drug-likeness (QED) is 0.877. The van der Waals surface area contributed by atoms with Crippen LogP contribution in [0, 0.1) is 0 Å². The molecule has 0 unspecified atom stereocenters. The molecule has 1 aliphatic carbocycles. The molecule has 0 atom stereocenters. The van der Waals surface area contributed by atoms with Gasteiger partial charge in [0.2, 0.25) is 0 Å². The maximum Gasteiger partial charge on any atom is 0.307 e. The minimum atomic E-state index is -0.794. The molecule has 106 valence electrons. The van der Waals surface area contributed by atoms with Gasteiger partial charge in [-0.25, -0.2) is 4.98 Å². The SMILES string of the molecule is CCCCn1c(C2CC2)nc2cc(CC(=O)O)ccc21. The first-order valence-electron chi connectivity index (χ1n) is 7.40. The monoisotopic (exact) mass is 272 g/mol. The fraction of sp³-hybridized carbons (Fsp3) is 0.500. The molecule has 1 aromatic carbocycles. The Hall–Kier alpha value is -1.84. The van der Waals surface area contributed by atoms with Crippen molar-refractivity contribution in [2.45, 2.75) is 51.5 Å². The highest BCUT2D eigenvalue weighted by atomic mass is 16.4. The lowest BCUT2D eigenvalue weighted by molar-refractivity contribution is -0.136. The fourth-order valence-electron chi connectivity index (χ4n) is 2.68. The number of rotatable bonds is 6. The zero-order valence-corrected chi connectivity index (χ0v) is 11.8. The van der Waals surface area contributed by atoms with Gasteiger partial charge < -0.3 is 9.67 Å². The lowest BCUT2D eigenvalue weighted by Gasteiger charge is -2.07. The van der Waals surface area contributed by atoms with Gasteiger partial charge in [0, 0.05) is 12.5 Å². The van der Waals surface area contributed by atoms with Crippen LogP contribution in [0.4, 0.5) is 0 Å². The topological polar surface area (TPSA) is 55.1 Å². The van der Waals surface area contributed by atoms with Crippen LogP contribution in [0.2, 0.25) is 0 Å². The first-order valence-corrected chi connectivity index (χ1v) is 7.40. The van der Waals surface area contributed by atoms with Gasteiger partial charge in [-0.1, -0.05) is 19.4 Å². The standard InChI is InChI=1S/C16H20N2O2/c1-2-3-8-18-14-7-4-11(10-15(19)20)9-13(14)17-16(18)12-5-6-12/h4,7,9,12H,2-3,5-6,8,10H2,1H3,(H,19,20). The predicted molar refractivity (Wildman–Crippen MR) is 78.0 cm³/mol. The van der Waals surface area contributed by atoms with Crippen molar-refractivity contribution < 1.29 is 9.90 Å². The zero-order chi connectivity index (χ0) is 14.1. The average Bonchev–Trinajstić information content (AvgIpc) is 3.18. The van der Waals surface area contributed by atoms with Crippen molar-refractivity contribution in [3.63, 3.8) is 0 Å². The molecule has 2 aromatic rings. The van der Waals surface area contributed by atoms with Crippen LogP contribution in [-0.4, -0.2) is 20.6 Å². The molecule has 0 bridgehead atoms. The van der Waals surface area contributed by atoms with Crippen LogP contribution < -0.4 is 0 Å². The minimum absolute atomic E-state index is 0.0660. The van der Waals surface area contributed by atoms with E-state index in [1.807, 2.05) is 18.2 Å². The lowest BCUT2D eigenvalue weighted by atomic mass is 10.1. The molecule has 3 rings (SSSR count). The van der Waals surface area contributed by atoms with Crippen LogP contribution in [0.1, 0.15) is 49.9 Å². The van der Waals surface area contributed by atoms with Gasteiger partial charge in [-0.3, -0.25) is 4.79 Å². The molecule has 1 aromatic heterocycles. The second-order valence-corrected chi connectivity index (χ2v) is 5.64. The number of benzene rings is 1. The van der Waals surface area contributed by atoms with E-state index in [1.165, 1.54) is 25.1 Å². The van der Waals surface area contributed by atoms with E-state index < -0.39 is 5.97 Å². The second kappa shape index (κ2) is 5.27. The molecule has 0 aliphatic heterocycles. The summed E-state index contributed by atoms with van der Waals surface area (Å²) in [6.07, 6.45) is 4.86. The number of aliphatic carboxylic acids is 1. The van der Waals surface area contributed by atoms with Crippen molar-refractivity contribution in [3.8, 4) is 0 Å². The van der Waals surface area contributed by atoms with Crippen molar-refractivity contribution in [2.24, 2.45) is 0 Å². The third-order valence-electron chi connectivity index (χ3n) is 3.88. The van der Waals surface area contributed by atoms with Gasteiger partial charge in [0.05, 0.1) is 17.5 Å². The first-order chi connectivity index (χ1) is 9.69. The Morgan fingerprint density at radius 1 is 1.45 bits per heavy atom. The number of carbonyl (C=O) groups is 1. The molecular formula is C16H20N2O2. The number of fused-ring (bicyclic) bond motifs is 1. The average molecular weight is 272 g/mol. The molecular weight excluding hydrogens is 252 g/mol. The number of nitrogens with zero attached hydrogens (tertiary/aromatic N) is 2. The number of unbranched alkanes of at least 4 members (excludes halogenated alkanes) is 1. The van der Waals surface area contributed by atoms with Gasteiger partial charge in [0.1, 0.15) is 5.82 Å². The molecule has 0 radical (unpaired) electrons. The fourth-order valence-corrected chi connectivity index (χ4v) is 2.68. The van der Waals surface area contributed by atoms with Gasteiger partial charge in [-0.05, 0) is 37.0 Å². The molecule has 20 heavy (non-hydrogen) atoms. The molecule has 0 saturated heterocycles. The minimum Gasteiger partial charge on any atom is -0.481 e. The summed E-state index contributed by atoms with van der Waals surface area (Å²) in [6.45, 7) is 3.21. The highest BCUT2D eigenvalue weighted by Gasteiger charge is 2.29. The highest BCUT2D eigenvalue weighted by Crippen LogP contribution is 2.40. The van der Waals surface area contributed by atoms with E-state index in [0.717, 1.165) is 29.6 Å². The summed E-state index contributed by atoms with van der Waals surface area (Å²) in [7, 11) is 0. The molecule has 1 heterocycles. The third kappa shape index (κ3) is 2.55. The Bertz CT molecular complexity index is 641. The van der Waals surface area contributed by atoms with Crippen LogP contribution >= 0.6 is 0 Å². The number of hydrogen-bond acceptors (Lipinski definition) is 2. The molecule has 1 fully saturated rings. The Morgan fingerprint density at radius 3 is 2.90 bits per heavy atom. The van der Waals surface area contributed by atoms with Crippen molar-refractivity contribution >= 4 is 17.0 Å². The van der Waals surface area contributed by atoms with Crippen molar-refractivity contribution in [2.75, 3.05) is 0 Å². The van der Waals surface area contributed by atoms with Gasteiger partial charge in [-0.15, -0.1) is 0 Å². The zero-order valence-electron chi connectivity index (χ0n) is 11.8. The number of carboxylic acids is 1. The smallest absolute Gasteiger partial charge is 0.307 e. The van der Waals surface area contributed by atoms with E-state index in [-0.39, 0.29) is 6.42 Å². The van der Waals surface area contributed by atoms with Crippen LogP contribution in [0.15, 0.2) is 18.2 Å². The number of carboxylic acid groups (broad SMARTS) is 1. The summed E-state index contributed by atoms with van der Waals surface area (Å²) >= 11 is 0. The van der Waals surface area contributed by atoms with Crippen molar-refractivity contribution in [1.82, 2.24) is 9.55 Å². The van der Waals surface area contributed by atoms with Gasteiger partial charge in [0.25, 0.3) is 0 Å². The lowest BCUT2D eigenvalue weighted by Crippen LogP contribution is -2.03. The predicted octanol–water partition coefficient (Wildman–Crippen LogP) is 3.34. The maximum atomic E-state index is 10.8. The summed E-state index contributed by atoms with van der Waals surface area (Å²) in [5.74, 6) is 1.01. The number of aromatic nitrogens is 2. The Kier molecular flexibility index (Phi) is 3.47. The van der Waals surface area contributed by atoms with Gasteiger partial charge in [-0.2, -0.15) is 0 Å². The van der Waals surface area contributed by atoms with Crippen LogP contribution in [0.25, 0.3) is 11.0 Å². The highest BCUT2D eigenvalue weighted by molar-refractivity contribution is 5.79. The molecule has 1 N–H and O–H groups in total. The van der Waals surface area contributed by atoms with Crippen molar-refractivity contribution in [1.29, 1.82) is 0 Å². The normalized spacial score (nSPS) is 14.8. The number of hydrogen-bond donors (Lipinski definition) is 1. The van der Waals surface area contributed by atoms with E-state index >= 15 is 0 Å². The van der Waals surface area contributed by atoms with Gasteiger partial charge >= 0.3 is 5.97 Å². The van der Waals surface area contributed by atoms with Crippen LogP contribution in [-0.2, 0) is 17.8 Å². The van der Waals surface area contributed by atoms with E-state index in [2.05, 4.69) is 11.5 Å². The van der Waals surface area contributed by atoms with E-state index in [0.29, 0.717) is 5.92 Å². The number of imidazole rings is 1. The van der Waals surface area contributed by atoms with Gasteiger partial charge in [0.15, 0.2) is 0 Å². The maximum absolute atomic E-state index is 10.8. The van der Waals surface area contributed by atoms with E-state index in [9.17, 15) is 4.79 Å². The van der Waals surface area contributed by atoms with Crippen LogP contribution in [0.5, 0.6) is 0 Å². The molecule has 1 saturated carbocycles. The largest absolute Gasteiger partial charge is 0.481 e. The number of aryl methyl sites for hydroxylation is 1. The molecule has 1 aliphatic rings. The Labute approximate surface area is 118 Å². The van der Waals surface area contributed by atoms with Crippen LogP contribution in [0.3, 0.4) is 0 Å². The van der Waals surface area contributed by atoms with E-state index in [1.54, 1.807) is 0 Å². The van der Waals surface area contributed by atoms with E-state index in [4.69, 9.17) is 10.1 Å². The van der Waals surface area contributed by atoms with Crippen molar-refractivity contribution in [3.05, 3.63) is 29.6 Å². The Balaban J connectivity index is 2.00. The third-order valence-corrected chi connectivity index (χ3v) is 3.88. The first kappa shape index (κ1) is 13.2. The Morgan fingerprint density at radius 2 is 2.25 bits per heavy atom. The summed E-state index contributed by atoms with van der Waals surface area (Å²) in [5, 5.41) is 8.89. The summed E-state index contributed by atoms with van der Waals surface area (Å²) in [4.78, 5) is 15.6.